The molecular weight excluding hydrogens is 824 g/mol. The minimum Gasteiger partial charge on any atom is -0.346 e. The number of allylic oxidation sites excluding steroid dienone is 3. The number of sulfonamides is 1. The maximum Gasteiger partial charge on any atom is 0.431 e. The lowest BCUT2D eigenvalue weighted by Crippen LogP contribution is -2.47. The van der Waals surface area contributed by atoms with Gasteiger partial charge in [0.15, 0.2) is 5.82 Å². The van der Waals surface area contributed by atoms with Gasteiger partial charge in [0, 0.05) is 47.5 Å². The largest absolute Gasteiger partial charge is 0.431 e. The zero-order chi connectivity index (χ0) is 42.8. The summed E-state index contributed by atoms with van der Waals surface area (Å²) in [6.45, 7) is 1.78. The fraction of sp³-hybridized carbons (Fsp3) is 0.486. The SMILES string of the molecule is C/C=C(\C(=NC)C(Cc1cc(F)cc(F)c1)NC(=O)CN/N=C(\CC1C(C)C1C(F)F)C(F)(F)F)C1=c2c(c(NS(C)(=O)=O)nn2CC(F)(F)F)=C(Cl)C(C)C=C1. The zero-order valence-electron chi connectivity index (χ0n) is 30.8. The highest BCUT2D eigenvalue weighted by Crippen LogP contribution is 2.52. The molecule has 1 amide bonds. The van der Waals surface area contributed by atoms with Crippen LogP contribution in [0.15, 0.2) is 52.1 Å². The van der Waals surface area contributed by atoms with Crippen LogP contribution in [0.4, 0.5) is 49.7 Å². The van der Waals surface area contributed by atoms with E-state index in [-0.39, 0.29) is 38.0 Å². The van der Waals surface area contributed by atoms with Crippen molar-refractivity contribution in [2.24, 2.45) is 33.8 Å². The number of carbonyl (C=O) groups is 1. The van der Waals surface area contributed by atoms with Gasteiger partial charge in [-0.3, -0.25) is 19.2 Å². The van der Waals surface area contributed by atoms with Gasteiger partial charge in [0.1, 0.15) is 30.4 Å². The molecule has 2 aliphatic carbocycles. The maximum absolute atomic E-state index is 14.3. The monoisotopic (exact) mass is 861 g/mol. The molecule has 314 valence electrons. The molecular formula is C35H38ClF10N7O3S. The molecule has 22 heteroatoms. The average Bonchev–Trinajstić information content (AvgIpc) is 3.62. The Kier molecular flexibility index (Phi) is 14.0. The number of hydrogen-bond acceptors (Lipinski definition) is 7. The summed E-state index contributed by atoms with van der Waals surface area (Å²) in [5, 5.41) is 9.11. The van der Waals surface area contributed by atoms with E-state index in [2.05, 4.69) is 25.2 Å². The second kappa shape index (κ2) is 17.6. The lowest BCUT2D eigenvalue weighted by atomic mass is 9.91. The molecule has 0 spiro atoms. The van der Waals surface area contributed by atoms with Gasteiger partial charge in [-0.15, -0.1) is 0 Å². The third-order valence-electron chi connectivity index (χ3n) is 9.27. The molecule has 5 unspecified atom stereocenters. The number of aliphatic imine (C=N–C) groups is 1. The molecule has 1 heterocycles. The van der Waals surface area contributed by atoms with Crippen LogP contribution in [0, 0.1) is 35.3 Å². The van der Waals surface area contributed by atoms with Gasteiger partial charge < -0.3 is 10.7 Å². The summed E-state index contributed by atoms with van der Waals surface area (Å²) in [5.74, 6) is -7.19. The van der Waals surface area contributed by atoms with Crippen LogP contribution in [-0.4, -0.2) is 80.2 Å². The summed E-state index contributed by atoms with van der Waals surface area (Å²) in [7, 11) is -2.89. The summed E-state index contributed by atoms with van der Waals surface area (Å²) in [6, 6.07) is 1.06. The highest BCUT2D eigenvalue weighted by Gasteiger charge is 2.54. The van der Waals surface area contributed by atoms with Crippen molar-refractivity contribution < 1.29 is 57.1 Å². The first kappa shape index (κ1) is 45.3. The van der Waals surface area contributed by atoms with Crippen LogP contribution in [0.5, 0.6) is 0 Å². The molecule has 1 fully saturated rings. The number of fused-ring (bicyclic) bond motifs is 1. The highest BCUT2D eigenvalue weighted by molar-refractivity contribution is 7.92. The molecule has 1 saturated carbocycles. The Balaban J connectivity index is 1.82. The zero-order valence-corrected chi connectivity index (χ0v) is 32.4. The van der Waals surface area contributed by atoms with Crippen molar-refractivity contribution in [3.63, 3.8) is 0 Å². The molecule has 2 aromatic rings. The van der Waals surface area contributed by atoms with Crippen LogP contribution in [-0.2, 0) is 27.8 Å². The number of nitrogens with one attached hydrogen (secondary N) is 3. The highest BCUT2D eigenvalue weighted by atomic mass is 35.5. The summed E-state index contributed by atoms with van der Waals surface area (Å²) in [4.78, 5) is 17.6. The van der Waals surface area contributed by atoms with Crippen LogP contribution >= 0.6 is 11.6 Å². The molecule has 1 aromatic heterocycles. The van der Waals surface area contributed by atoms with Crippen LogP contribution < -0.4 is 26.0 Å². The third-order valence-corrected chi connectivity index (χ3v) is 10.4. The van der Waals surface area contributed by atoms with E-state index in [9.17, 15) is 57.1 Å². The number of hydrazone groups is 1. The van der Waals surface area contributed by atoms with Gasteiger partial charge in [-0.05, 0) is 42.9 Å². The standard InChI is InChI=1S/C35H38ClF10N7O3S/c1-6-21(22-8-7-16(2)29(36)28-31(22)53(15-34(41,42)43)51-33(28)52-57(5,55)56)30(47-4)24(11-18-9-19(37)12-20(38)10-18)49-26(54)14-48-50-25(35(44,45)46)13-23-17(3)27(23)32(39)40/h6-10,12,16-17,23-24,27,32,48H,11,13-15H2,1-5H3,(H,49,54)(H,51,52)/b21-6-,47-30?,50-25+. The number of carbonyl (C=O) groups excluding carboxylic acids is 1. The molecule has 10 nitrogen and oxygen atoms in total. The summed E-state index contributed by atoms with van der Waals surface area (Å²) in [6.07, 6.45) is -8.98. The fourth-order valence-electron chi connectivity index (χ4n) is 6.65. The fourth-order valence-corrected chi connectivity index (χ4v) is 7.39. The third kappa shape index (κ3) is 11.6. The topological polar surface area (TPSA) is 130 Å². The van der Waals surface area contributed by atoms with Gasteiger partial charge in [0.2, 0.25) is 22.4 Å². The molecule has 57 heavy (non-hydrogen) atoms. The number of benzene rings is 1. The Labute approximate surface area is 325 Å². The first-order valence-electron chi connectivity index (χ1n) is 17.1. The average molecular weight is 862 g/mol. The van der Waals surface area contributed by atoms with Gasteiger partial charge in [0.25, 0.3) is 0 Å². The normalized spacial score (nSPS) is 21.4. The van der Waals surface area contributed by atoms with E-state index in [0.717, 1.165) is 18.4 Å². The quantitative estimate of drug-likeness (QED) is 0.122. The second-order valence-corrected chi connectivity index (χ2v) is 15.7. The minimum atomic E-state index is -5.03. The van der Waals surface area contributed by atoms with Crippen molar-refractivity contribution in [3.05, 3.63) is 69.8 Å². The first-order valence-corrected chi connectivity index (χ1v) is 19.4. The molecule has 1 aromatic carbocycles. The van der Waals surface area contributed by atoms with E-state index < -0.39 is 114 Å². The van der Waals surface area contributed by atoms with Crippen LogP contribution in [0.1, 0.15) is 32.8 Å². The van der Waals surface area contributed by atoms with E-state index in [1.165, 1.54) is 39.1 Å². The van der Waals surface area contributed by atoms with E-state index in [1.54, 1.807) is 6.92 Å². The van der Waals surface area contributed by atoms with Crippen molar-refractivity contribution in [1.29, 1.82) is 0 Å². The number of hydrogen-bond donors (Lipinski definition) is 3. The van der Waals surface area contributed by atoms with Crippen LogP contribution in [0.2, 0.25) is 0 Å². The molecule has 2 aliphatic rings. The van der Waals surface area contributed by atoms with E-state index in [0.29, 0.717) is 10.7 Å². The van der Waals surface area contributed by atoms with Crippen molar-refractivity contribution >= 4 is 55.4 Å². The van der Waals surface area contributed by atoms with Gasteiger partial charge >= 0.3 is 12.4 Å². The number of rotatable bonds is 15. The Bertz CT molecular complexity index is 2200. The van der Waals surface area contributed by atoms with Crippen LogP contribution in [0.3, 0.4) is 0 Å². The smallest absolute Gasteiger partial charge is 0.346 e. The maximum atomic E-state index is 14.3. The lowest BCUT2D eigenvalue weighted by molar-refractivity contribution is -0.143. The van der Waals surface area contributed by atoms with Crippen molar-refractivity contribution in [1.82, 2.24) is 20.5 Å². The second-order valence-electron chi connectivity index (χ2n) is 13.6. The molecule has 0 bridgehead atoms. The Morgan fingerprint density at radius 2 is 1.72 bits per heavy atom. The number of halogens is 11. The van der Waals surface area contributed by atoms with Gasteiger partial charge in [-0.25, -0.2) is 26.0 Å². The summed E-state index contributed by atoms with van der Waals surface area (Å²) >= 11 is 6.66. The van der Waals surface area contributed by atoms with E-state index >= 15 is 0 Å². The molecule has 0 radical (unpaired) electrons. The number of anilines is 1. The van der Waals surface area contributed by atoms with Gasteiger partial charge in [0.05, 0.1) is 28.6 Å². The number of amides is 1. The first-order chi connectivity index (χ1) is 26.3. The van der Waals surface area contributed by atoms with E-state index in [1.807, 2.05) is 5.43 Å². The van der Waals surface area contributed by atoms with Crippen molar-refractivity contribution in [2.75, 3.05) is 24.6 Å². The molecule has 3 N–H and O–H groups in total. The summed E-state index contributed by atoms with van der Waals surface area (Å²) < 4.78 is 165. The Morgan fingerprint density at radius 1 is 1.09 bits per heavy atom. The predicted molar refractivity (Wildman–Crippen MR) is 194 cm³/mol. The molecule has 0 aliphatic heterocycles. The molecule has 4 rings (SSSR count). The van der Waals surface area contributed by atoms with Crippen LogP contribution in [0.25, 0.3) is 10.6 Å². The van der Waals surface area contributed by atoms with Crippen molar-refractivity contribution in [2.45, 2.75) is 65.0 Å². The van der Waals surface area contributed by atoms with Gasteiger partial charge in [-0.1, -0.05) is 43.7 Å². The number of nitrogens with zero attached hydrogens (tertiary/aromatic N) is 4. The summed E-state index contributed by atoms with van der Waals surface area (Å²) in [5.41, 5.74) is 0.397. The lowest BCUT2D eigenvalue weighted by Gasteiger charge is -2.24. The van der Waals surface area contributed by atoms with Crippen molar-refractivity contribution in [3.8, 4) is 0 Å². The number of aromatic nitrogens is 2. The number of alkyl halides is 8. The Hall–Kier alpha value is -4.40. The molecule has 0 saturated heterocycles. The van der Waals surface area contributed by atoms with Gasteiger partial charge in [-0.2, -0.15) is 36.5 Å². The minimum absolute atomic E-state index is 0.0162. The van der Waals surface area contributed by atoms with E-state index in [4.69, 9.17) is 11.6 Å². The Morgan fingerprint density at radius 3 is 2.23 bits per heavy atom. The predicted octanol–water partition coefficient (Wildman–Crippen LogP) is 5.59. The molecule has 5 atom stereocenters.